The van der Waals surface area contributed by atoms with E-state index in [1.165, 1.54) is 10.9 Å². The van der Waals surface area contributed by atoms with Gasteiger partial charge in [0.15, 0.2) is 18.0 Å². The smallest absolute Gasteiger partial charge is 0.255 e. The van der Waals surface area contributed by atoms with E-state index in [2.05, 4.69) is 35.9 Å². The minimum Gasteiger partial charge on any atom is -0.480 e. The van der Waals surface area contributed by atoms with Crippen molar-refractivity contribution >= 4 is 10.9 Å². The van der Waals surface area contributed by atoms with Crippen LogP contribution >= 0.6 is 0 Å². The molecule has 0 saturated carbocycles. The van der Waals surface area contributed by atoms with Gasteiger partial charge in [-0.15, -0.1) is 0 Å². The molecule has 1 unspecified atom stereocenters. The summed E-state index contributed by atoms with van der Waals surface area (Å²) in [4.78, 5) is 0. The van der Waals surface area contributed by atoms with Crippen LogP contribution in [0, 0.1) is 0 Å². The van der Waals surface area contributed by atoms with Crippen molar-refractivity contribution < 1.29 is 9.30 Å². The molecule has 70 valence electrons. The Labute approximate surface area is 82.7 Å². The van der Waals surface area contributed by atoms with Gasteiger partial charge in [0.2, 0.25) is 0 Å². The van der Waals surface area contributed by atoms with Crippen LogP contribution in [-0.2, 0) is 0 Å². The third kappa shape index (κ3) is 0.939. The van der Waals surface area contributed by atoms with Crippen molar-refractivity contribution in [3.63, 3.8) is 0 Å². The average Bonchev–Trinajstić information content (AvgIpc) is 2.24. The lowest BCUT2D eigenvalue weighted by Crippen LogP contribution is -2.44. The van der Waals surface area contributed by atoms with E-state index in [1.807, 2.05) is 12.1 Å². The second-order valence-corrected chi connectivity index (χ2v) is 3.77. The van der Waals surface area contributed by atoms with Gasteiger partial charge in [0.1, 0.15) is 6.61 Å². The van der Waals surface area contributed by atoms with Crippen molar-refractivity contribution in [3.8, 4) is 5.75 Å². The lowest BCUT2D eigenvalue weighted by atomic mass is 10.1. The second kappa shape index (κ2) is 2.71. The summed E-state index contributed by atoms with van der Waals surface area (Å²) in [5.41, 5.74) is 1.22. The maximum atomic E-state index is 5.69. The number of hydrogen-bond acceptors (Lipinski definition) is 1. The summed E-state index contributed by atoms with van der Waals surface area (Å²) < 4.78 is 7.97. The summed E-state index contributed by atoms with van der Waals surface area (Å²) in [6.45, 7) is 2.94. The Morgan fingerprint density at radius 1 is 1.29 bits per heavy atom. The molecule has 2 aromatic rings. The quantitative estimate of drug-likeness (QED) is 0.574. The molecule has 0 amide bonds. The normalized spacial score (nSPS) is 19.4. The molecule has 1 aromatic heterocycles. The molecule has 0 bridgehead atoms. The first kappa shape index (κ1) is 7.80. The third-order valence-electron chi connectivity index (χ3n) is 2.77. The molecule has 0 spiro atoms. The maximum absolute atomic E-state index is 5.69. The van der Waals surface area contributed by atoms with Gasteiger partial charge in [-0.05, 0) is 18.2 Å². The molecule has 0 radical (unpaired) electrons. The fraction of sp³-hybridized carbons (Fsp3) is 0.250. The highest BCUT2D eigenvalue weighted by molar-refractivity contribution is 5.81. The third-order valence-corrected chi connectivity index (χ3v) is 2.77. The molecule has 1 aliphatic heterocycles. The summed E-state index contributed by atoms with van der Waals surface area (Å²) in [5, 5.41) is 1.25. The van der Waals surface area contributed by atoms with Crippen LogP contribution in [0.4, 0.5) is 0 Å². The van der Waals surface area contributed by atoms with Crippen molar-refractivity contribution in [1.82, 2.24) is 0 Å². The molecule has 3 rings (SSSR count). The van der Waals surface area contributed by atoms with E-state index in [4.69, 9.17) is 4.74 Å². The molecule has 2 nitrogen and oxygen atoms in total. The predicted octanol–water partition coefficient (Wildman–Crippen LogP) is 2.08. The molecule has 0 saturated heterocycles. The zero-order valence-corrected chi connectivity index (χ0v) is 8.10. The van der Waals surface area contributed by atoms with Crippen molar-refractivity contribution in [2.45, 2.75) is 13.0 Å². The van der Waals surface area contributed by atoms with Gasteiger partial charge in [-0.1, -0.05) is 6.07 Å². The van der Waals surface area contributed by atoms with Crippen molar-refractivity contribution in [2.24, 2.45) is 0 Å². The van der Waals surface area contributed by atoms with Crippen LogP contribution in [-0.4, -0.2) is 6.61 Å². The molecule has 1 atom stereocenters. The van der Waals surface area contributed by atoms with Gasteiger partial charge in [-0.2, -0.15) is 4.57 Å². The Hall–Kier alpha value is -1.57. The molecule has 14 heavy (non-hydrogen) atoms. The molecule has 1 aromatic carbocycles. The fourth-order valence-electron chi connectivity index (χ4n) is 2.04. The highest BCUT2D eigenvalue weighted by atomic mass is 16.5. The topological polar surface area (TPSA) is 13.1 Å². The predicted molar refractivity (Wildman–Crippen MR) is 54.3 cm³/mol. The number of ether oxygens (including phenoxy) is 1. The molecule has 2 heteroatoms. The fourth-order valence-corrected chi connectivity index (χ4v) is 2.04. The van der Waals surface area contributed by atoms with Gasteiger partial charge >= 0.3 is 0 Å². The monoisotopic (exact) mass is 186 g/mol. The Morgan fingerprint density at radius 2 is 2.14 bits per heavy atom. The molecule has 0 N–H and O–H groups in total. The van der Waals surface area contributed by atoms with Crippen LogP contribution in [0.5, 0.6) is 5.75 Å². The first-order valence-corrected chi connectivity index (χ1v) is 4.92. The lowest BCUT2D eigenvalue weighted by Gasteiger charge is -2.17. The van der Waals surface area contributed by atoms with E-state index in [-0.39, 0.29) is 0 Å². The van der Waals surface area contributed by atoms with Crippen molar-refractivity contribution in [1.29, 1.82) is 0 Å². The van der Waals surface area contributed by atoms with Gasteiger partial charge < -0.3 is 4.74 Å². The van der Waals surface area contributed by atoms with Gasteiger partial charge in [0.25, 0.3) is 5.52 Å². The summed E-state index contributed by atoms with van der Waals surface area (Å²) in [6, 6.07) is 10.8. The maximum Gasteiger partial charge on any atom is 0.255 e. The molecular formula is C12H12NO+. The summed E-state index contributed by atoms with van der Waals surface area (Å²) in [5.74, 6) is 1.00. The molecule has 0 fully saturated rings. The number of benzene rings is 1. The van der Waals surface area contributed by atoms with E-state index in [0.29, 0.717) is 6.04 Å². The molecule has 0 aliphatic carbocycles. The number of aromatic nitrogens is 1. The number of rotatable bonds is 0. The van der Waals surface area contributed by atoms with Gasteiger partial charge in [-0.3, -0.25) is 0 Å². The highest BCUT2D eigenvalue weighted by Gasteiger charge is 2.25. The van der Waals surface area contributed by atoms with Crippen molar-refractivity contribution in [2.75, 3.05) is 6.61 Å². The van der Waals surface area contributed by atoms with Crippen LogP contribution in [0.3, 0.4) is 0 Å². The zero-order chi connectivity index (χ0) is 9.54. The zero-order valence-electron chi connectivity index (χ0n) is 8.10. The van der Waals surface area contributed by atoms with Crippen LogP contribution in [0.25, 0.3) is 10.9 Å². The summed E-state index contributed by atoms with van der Waals surface area (Å²) >= 11 is 0. The lowest BCUT2D eigenvalue weighted by molar-refractivity contribution is -0.700. The largest absolute Gasteiger partial charge is 0.480 e. The molecule has 2 heterocycles. The van der Waals surface area contributed by atoms with Crippen LogP contribution in [0.15, 0.2) is 36.5 Å². The number of hydrogen-bond donors (Lipinski definition) is 0. The second-order valence-electron chi connectivity index (χ2n) is 3.77. The van der Waals surface area contributed by atoms with E-state index in [0.717, 1.165) is 12.4 Å². The van der Waals surface area contributed by atoms with Crippen LogP contribution in [0.1, 0.15) is 13.0 Å². The summed E-state index contributed by atoms with van der Waals surface area (Å²) in [7, 11) is 0. The first-order valence-electron chi connectivity index (χ1n) is 4.92. The Morgan fingerprint density at radius 3 is 3.07 bits per heavy atom. The van der Waals surface area contributed by atoms with Gasteiger partial charge in [-0.25, -0.2) is 0 Å². The van der Waals surface area contributed by atoms with E-state index >= 15 is 0 Å². The van der Waals surface area contributed by atoms with E-state index < -0.39 is 0 Å². The Kier molecular flexibility index (Phi) is 1.51. The molecule has 1 aliphatic rings. The Balaban J connectivity index is 2.46. The number of nitrogens with zero attached hydrogens (tertiary/aromatic N) is 1. The molecular weight excluding hydrogens is 174 g/mol. The van der Waals surface area contributed by atoms with E-state index in [1.54, 1.807) is 0 Å². The van der Waals surface area contributed by atoms with E-state index in [9.17, 15) is 0 Å². The number of pyridine rings is 1. The van der Waals surface area contributed by atoms with Gasteiger partial charge in [0, 0.05) is 13.0 Å². The SMILES string of the molecule is CC1COc2cccc3ccc[n+]1c23. The summed E-state index contributed by atoms with van der Waals surface area (Å²) in [6.07, 6.45) is 2.12. The first-order chi connectivity index (χ1) is 6.86. The Bertz CT molecular complexity index is 487. The highest BCUT2D eigenvalue weighted by Crippen LogP contribution is 2.26. The van der Waals surface area contributed by atoms with Crippen molar-refractivity contribution in [3.05, 3.63) is 36.5 Å². The standard InChI is InChI=1S/C12H12NO/c1-9-8-14-11-6-2-4-10-5-3-7-13(9)12(10)11/h2-7,9H,8H2,1H3/q+1. The van der Waals surface area contributed by atoms with Gasteiger partial charge in [0.05, 0.1) is 5.39 Å². The van der Waals surface area contributed by atoms with Crippen LogP contribution in [0.2, 0.25) is 0 Å². The number of para-hydroxylation sites is 1. The average molecular weight is 186 g/mol. The minimum absolute atomic E-state index is 0.425. The minimum atomic E-state index is 0.425. The van der Waals surface area contributed by atoms with Crippen LogP contribution < -0.4 is 9.30 Å².